The molecule has 4 rings (SSSR count). The lowest BCUT2D eigenvalue weighted by atomic mass is 10.1. The summed E-state index contributed by atoms with van der Waals surface area (Å²) >= 11 is 0. The fraction of sp³-hybridized carbons (Fsp3) is 0.136. The third-order valence-corrected chi connectivity index (χ3v) is 4.65. The van der Waals surface area contributed by atoms with E-state index in [0.717, 1.165) is 10.8 Å². The number of ether oxygens (including phenoxy) is 1. The van der Waals surface area contributed by atoms with Gasteiger partial charge >= 0.3 is 0 Å². The molecule has 1 atom stereocenters. The van der Waals surface area contributed by atoms with Gasteiger partial charge in [0.25, 0.3) is 5.69 Å². The van der Waals surface area contributed by atoms with Gasteiger partial charge in [0.2, 0.25) is 0 Å². The molecule has 1 heterocycles. The Labute approximate surface area is 166 Å². The van der Waals surface area contributed by atoms with Crippen molar-refractivity contribution < 1.29 is 14.8 Å². The molecule has 0 saturated heterocycles. The van der Waals surface area contributed by atoms with Gasteiger partial charge in [-0.3, -0.25) is 15.1 Å². The third-order valence-electron chi connectivity index (χ3n) is 4.65. The lowest BCUT2D eigenvalue weighted by Crippen LogP contribution is -2.26. The van der Waals surface area contributed by atoms with Crippen LogP contribution < -0.4 is 10.1 Å². The van der Waals surface area contributed by atoms with Crippen LogP contribution in [0.5, 0.6) is 5.75 Å². The molecule has 0 aliphatic heterocycles. The van der Waals surface area contributed by atoms with Gasteiger partial charge < -0.3 is 15.2 Å². The second-order valence-electron chi connectivity index (χ2n) is 6.61. The van der Waals surface area contributed by atoms with Crippen molar-refractivity contribution in [1.29, 1.82) is 0 Å². The zero-order chi connectivity index (χ0) is 20.2. The summed E-state index contributed by atoms with van der Waals surface area (Å²) in [5.41, 5.74) is 1.11. The van der Waals surface area contributed by atoms with Gasteiger partial charge in [-0.05, 0) is 29.7 Å². The summed E-state index contributed by atoms with van der Waals surface area (Å²) < 4.78 is 5.81. The molecule has 7 heteroatoms. The Balaban J connectivity index is 1.44. The maximum absolute atomic E-state index is 11.2. The number of hydrogen-bond acceptors (Lipinski definition) is 6. The highest BCUT2D eigenvalue weighted by molar-refractivity contribution is 5.96. The number of rotatable bonds is 7. The molecule has 7 nitrogen and oxygen atoms in total. The Kier molecular flexibility index (Phi) is 5.22. The minimum atomic E-state index is -0.775. The topological polar surface area (TPSA) is 97.5 Å². The molecule has 0 saturated carbocycles. The number of fused-ring (bicyclic) bond motifs is 2. The van der Waals surface area contributed by atoms with Crippen LogP contribution in [0.2, 0.25) is 0 Å². The summed E-state index contributed by atoms with van der Waals surface area (Å²) in [6.07, 6.45) is 0.806. The molecule has 0 aliphatic rings. The minimum Gasteiger partial charge on any atom is -0.490 e. The number of benzene rings is 3. The number of aliphatic hydroxyl groups is 1. The van der Waals surface area contributed by atoms with E-state index in [4.69, 9.17) is 4.74 Å². The number of nitro groups is 1. The fourth-order valence-corrected chi connectivity index (χ4v) is 3.25. The van der Waals surface area contributed by atoms with Gasteiger partial charge in [-0.1, -0.05) is 36.4 Å². The van der Waals surface area contributed by atoms with E-state index in [9.17, 15) is 15.2 Å². The SMILES string of the molecule is O=[N+]([O-])c1ccc(NCC(O)COc2cccc3ccccc23)c2ncccc12. The summed E-state index contributed by atoms with van der Waals surface area (Å²) in [5.74, 6) is 0.713. The lowest BCUT2D eigenvalue weighted by molar-refractivity contribution is -0.383. The molecule has 1 aromatic heterocycles. The predicted molar refractivity (Wildman–Crippen MR) is 112 cm³/mol. The normalized spacial score (nSPS) is 12.0. The molecule has 0 radical (unpaired) electrons. The molecule has 0 aliphatic carbocycles. The summed E-state index contributed by atoms with van der Waals surface area (Å²) in [5, 5.41) is 27.2. The molecule has 146 valence electrons. The van der Waals surface area contributed by atoms with Gasteiger partial charge in [0.15, 0.2) is 0 Å². The molecule has 0 spiro atoms. The van der Waals surface area contributed by atoms with Crippen LogP contribution in [0.25, 0.3) is 21.7 Å². The standard InChI is InChI=1S/C22H19N3O4/c26-16(14-29-21-9-3-6-15-5-1-2-7-17(15)21)13-24-19-10-11-20(25(27)28)18-8-4-12-23-22(18)19/h1-12,16,24,26H,13-14H2. The molecule has 1 unspecified atom stereocenters. The van der Waals surface area contributed by atoms with E-state index in [2.05, 4.69) is 10.3 Å². The number of aromatic nitrogens is 1. The van der Waals surface area contributed by atoms with Gasteiger partial charge in [0, 0.05) is 24.2 Å². The first-order chi connectivity index (χ1) is 14.1. The predicted octanol–water partition coefficient (Wildman–Crippen LogP) is 4.15. The maximum Gasteiger partial charge on any atom is 0.278 e. The van der Waals surface area contributed by atoms with Crippen LogP contribution in [0.15, 0.2) is 72.9 Å². The van der Waals surface area contributed by atoms with Gasteiger partial charge in [0.1, 0.15) is 24.0 Å². The lowest BCUT2D eigenvalue weighted by Gasteiger charge is -2.16. The fourth-order valence-electron chi connectivity index (χ4n) is 3.25. The van der Waals surface area contributed by atoms with Crippen LogP contribution in [-0.4, -0.2) is 34.3 Å². The van der Waals surface area contributed by atoms with Crippen LogP contribution in [-0.2, 0) is 0 Å². The van der Waals surface area contributed by atoms with E-state index in [1.807, 2.05) is 42.5 Å². The van der Waals surface area contributed by atoms with Gasteiger partial charge in [0.05, 0.1) is 16.0 Å². The second kappa shape index (κ2) is 8.12. The van der Waals surface area contributed by atoms with E-state index in [0.29, 0.717) is 22.3 Å². The van der Waals surface area contributed by atoms with Crippen LogP contribution in [0.4, 0.5) is 11.4 Å². The first-order valence-corrected chi connectivity index (χ1v) is 9.18. The average Bonchev–Trinajstić information content (AvgIpc) is 2.75. The summed E-state index contributed by atoms with van der Waals surface area (Å²) in [6.45, 7) is 0.327. The van der Waals surface area contributed by atoms with Crippen molar-refractivity contribution in [2.75, 3.05) is 18.5 Å². The summed E-state index contributed by atoms with van der Waals surface area (Å²) in [6, 6.07) is 20.0. The highest BCUT2D eigenvalue weighted by atomic mass is 16.6. The van der Waals surface area contributed by atoms with Crippen LogP contribution >= 0.6 is 0 Å². The Morgan fingerprint density at radius 1 is 1.03 bits per heavy atom. The van der Waals surface area contributed by atoms with E-state index < -0.39 is 11.0 Å². The zero-order valence-corrected chi connectivity index (χ0v) is 15.5. The number of non-ortho nitro benzene ring substituents is 1. The Morgan fingerprint density at radius 2 is 1.83 bits per heavy atom. The van der Waals surface area contributed by atoms with E-state index in [1.165, 1.54) is 6.07 Å². The van der Waals surface area contributed by atoms with E-state index in [-0.39, 0.29) is 18.8 Å². The number of anilines is 1. The van der Waals surface area contributed by atoms with Crippen molar-refractivity contribution in [3.05, 3.63) is 83.0 Å². The first-order valence-electron chi connectivity index (χ1n) is 9.18. The Bertz CT molecular complexity index is 1170. The van der Waals surface area contributed by atoms with Gasteiger partial charge in [-0.25, -0.2) is 0 Å². The molecule has 3 aromatic carbocycles. The quantitative estimate of drug-likeness (QED) is 0.364. The van der Waals surface area contributed by atoms with Crippen molar-refractivity contribution >= 4 is 33.1 Å². The average molecular weight is 389 g/mol. The first kappa shape index (κ1) is 18.6. The number of aliphatic hydroxyl groups excluding tert-OH is 1. The molecular weight excluding hydrogens is 370 g/mol. The van der Waals surface area contributed by atoms with Crippen LogP contribution in [0, 0.1) is 10.1 Å². The van der Waals surface area contributed by atoms with Crippen molar-refractivity contribution in [2.45, 2.75) is 6.10 Å². The monoisotopic (exact) mass is 389 g/mol. The third kappa shape index (κ3) is 3.95. The number of hydrogen-bond donors (Lipinski definition) is 2. The van der Waals surface area contributed by atoms with Gasteiger partial charge in [-0.15, -0.1) is 0 Å². The van der Waals surface area contributed by atoms with Crippen molar-refractivity contribution in [3.8, 4) is 5.75 Å². The number of nitrogens with zero attached hydrogens (tertiary/aromatic N) is 2. The van der Waals surface area contributed by atoms with E-state index in [1.54, 1.807) is 24.4 Å². The zero-order valence-electron chi connectivity index (χ0n) is 15.5. The highest BCUT2D eigenvalue weighted by Gasteiger charge is 2.15. The Hall–Kier alpha value is -3.71. The smallest absolute Gasteiger partial charge is 0.278 e. The molecule has 2 N–H and O–H groups in total. The second-order valence-corrected chi connectivity index (χ2v) is 6.61. The van der Waals surface area contributed by atoms with Crippen molar-refractivity contribution in [3.63, 3.8) is 0 Å². The number of pyridine rings is 1. The maximum atomic E-state index is 11.2. The number of nitrogens with one attached hydrogen (secondary N) is 1. The van der Waals surface area contributed by atoms with Gasteiger partial charge in [-0.2, -0.15) is 0 Å². The van der Waals surface area contributed by atoms with Crippen LogP contribution in [0.1, 0.15) is 0 Å². The molecule has 4 aromatic rings. The largest absolute Gasteiger partial charge is 0.490 e. The van der Waals surface area contributed by atoms with E-state index >= 15 is 0 Å². The molecular formula is C22H19N3O4. The molecule has 29 heavy (non-hydrogen) atoms. The molecule has 0 bridgehead atoms. The van der Waals surface area contributed by atoms with Crippen molar-refractivity contribution in [2.24, 2.45) is 0 Å². The summed E-state index contributed by atoms with van der Waals surface area (Å²) in [7, 11) is 0. The Morgan fingerprint density at radius 3 is 2.69 bits per heavy atom. The summed E-state index contributed by atoms with van der Waals surface area (Å²) in [4.78, 5) is 15.0. The minimum absolute atomic E-state index is 0.00140. The van der Waals surface area contributed by atoms with Crippen LogP contribution in [0.3, 0.4) is 0 Å². The van der Waals surface area contributed by atoms with Crippen molar-refractivity contribution in [1.82, 2.24) is 4.98 Å². The highest BCUT2D eigenvalue weighted by Crippen LogP contribution is 2.30. The molecule has 0 amide bonds. The number of nitro benzene ring substituents is 1. The molecule has 0 fully saturated rings.